The van der Waals surface area contributed by atoms with Crippen molar-refractivity contribution >= 4 is 11.7 Å². The number of amides is 1. The average molecular weight is 219 g/mol. The predicted molar refractivity (Wildman–Crippen MR) is 61.8 cm³/mol. The highest BCUT2D eigenvalue weighted by molar-refractivity contribution is 6.01. The summed E-state index contributed by atoms with van der Waals surface area (Å²) in [5.41, 5.74) is 0.784. The third-order valence-corrected chi connectivity index (χ3v) is 3.57. The molecule has 0 radical (unpaired) electrons. The molecule has 2 rings (SSSR count). The minimum atomic E-state index is -0.227. The molecule has 1 amide bonds. The van der Waals surface area contributed by atoms with Gasteiger partial charge in [0, 0.05) is 24.4 Å². The Bertz CT molecular complexity index is 406. The quantitative estimate of drug-likeness (QED) is 0.673. The van der Waals surface area contributed by atoms with Gasteiger partial charge in [-0.3, -0.25) is 9.59 Å². The Morgan fingerprint density at radius 3 is 2.56 bits per heavy atom. The Balaban J connectivity index is 2.30. The molecule has 0 aromatic carbocycles. The molecule has 0 bridgehead atoms. The first-order chi connectivity index (χ1) is 7.44. The molecule has 0 saturated carbocycles. The fraction of sp³-hybridized carbons (Fsp3) is 0.538. The third kappa shape index (κ3) is 1.60. The van der Waals surface area contributed by atoms with Crippen molar-refractivity contribution in [3.63, 3.8) is 0 Å². The van der Waals surface area contributed by atoms with Crippen LogP contribution in [0.15, 0.2) is 23.8 Å². The number of rotatable bonds is 1. The van der Waals surface area contributed by atoms with Crippen molar-refractivity contribution in [2.75, 3.05) is 6.54 Å². The molecule has 1 saturated heterocycles. The van der Waals surface area contributed by atoms with Crippen LogP contribution in [0.1, 0.15) is 27.2 Å². The van der Waals surface area contributed by atoms with Gasteiger partial charge in [0.2, 0.25) is 5.91 Å². The molecular formula is C13H17NO2. The van der Waals surface area contributed by atoms with Gasteiger partial charge in [0.25, 0.3) is 0 Å². The second-order valence-corrected chi connectivity index (χ2v) is 5.01. The van der Waals surface area contributed by atoms with Gasteiger partial charge in [0.15, 0.2) is 5.78 Å². The first-order valence-corrected chi connectivity index (χ1v) is 5.66. The first kappa shape index (κ1) is 11.1. The van der Waals surface area contributed by atoms with Crippen molar-refractivity contribution in [3.05, 3.63) is 23.8 Å². The normalized spacial score (nSPS) is 29.5. The van der Waals surface area contributed by atoms with Crippen LogP contribution in [0.3, 0.4) is 0 Å². The number of carbonyl (C=O) groups excluding carboxylic acids is 2. The Kier molecular flexibility index (Phi) is 2.49. The van der Waals surface area contributed by atoms with Gasteiger partial charge in [-0.25, -0.2) is 0 Å². The zero-order valence-electron chi connectivity index (χ0n) is 9.99. The van der Waals surface area contributed by atoms with Gasteiger partial charge in [-0.15, -0.1) is 0 Å². The molecule has 3 heteroatoms. The first-order valence-electron chi connectivity index (χ1n) is 5.66. The lowest BCUT2D eigenvalue weighted by Crippen LogP contribution is -2.34. The van der Waals surface area contributed by atoms with Crippen molar-refractivity contribution in [3.8, 4) is 0 Å². The largest absolute Gasteiger partial charge is 0.339 e. The van der Waals surface area contributed by atoms with E-state index in [9.17, 15) is 9.59 Å². The summed E-state index contributed by atoms with van der Waals surface area (Å²) in [7, 11) is 0. The van der Waals surface area contributed by atoms with E-state index in [1.807, 2.05) is 31.7 Å². The molecule has 1 spiro atoms. The van der Waals surface area contributed by atoms with Crippen LogP contribution in [0.5, 0.6) is 0 Å². The Morgan fingerprint density at radius 1 is 1.38 bits per heavy atom. The maximum Gasteiger partial charge on any atom is 0.224 e. The maximum atomic E-state index is 11.9. The summed E-state index contributed by atoms with van der Waals surface area (Å²) in [4.78, 5) is 25.0. The molecule has 3 nitrogen and oxygen atoms in total. The lowest BCUT2D eigenvalue weighted by molar-refractivity contribution is -0.129. The van der Waals surface area contributed by atoms with Gasteiger partial charge in [0.05, 0.1) is 0 Å². The van der Waals surface area contributed by atoms with Crippen LogP contribution < -0.4 is 0 Å². The van der Waals surface area contributed by atoms with E-state index in [0.29, 0.717) is 13.0 Å². The number of hydrogen-bond donors (Lipinski definition) is 0. The summed E-state index contributed by atoms with van der Waals surface area (Å²) in [6.07, 6.45) is 5.64. The number of ketones is 1. The van der Waals surface area contributed by atoms with Gasteiger partial charge in [-0.1, -0.05) is 11.6 Å². The monoisotopic (exact) mass is 219 g/mol. The summed E-state index contributed by atoms with van der Waals surface area (Å²) in [5.74, 6) is 0.209. The predicted octanol–water partition coefficient (Wildman–Crippen LogP) is 1.70. The molecule has 1 aliphatic heterocycles. The molecule has 1 heterocycles. The molecule has 86 valence electrons. The summed E-state index contributed by atoms with van der Waals surface area (Å²) in [6.45, 7) is 6.69. The average Bonchev–Trinajstić information content (AvgIpc) is 2.52. The number of allylic oxidation sites excluding steroid dienone is 2. The van der Waals surface area contributed by atoms with Crippen LogP contribution in [0, 0.1) is 5.41 Å². The molecule has 1 atom stereocenters. The van der Waals surface area contributed by atoms with Crippen LogP contribution >= 0.6 is 0 Å². The number of hydrogen-bond acceptors (Lipinski definition) is 2. The Morgan fingerprint density at radius 2 is 2.06 bits per heavy atom. The second kappa shape index (κ2) is 3.58. The van der Waals surface area contributed by atoms with Crippen molar-refractivity contribution in [2.24, 2.45) is 5.41 Å². The molecular weight excluding hydrogens is 202 g/mol. The van der Waals surface area contributed by atoms with Crippen molar-refractivity contribution < 1.29 is 9.59 Å². The minimum Gasteiger partial charge on any atom is -0.339 e. The highest BCUT2D eigenvalue weighted by Gasteiger charge is 2.44. The number of likely N-dealkylation sites (tertiary alicyclic amines) is 1. The summed E-state index contributed by atoms with van der Waals surface area (Å²) in [6, 6.07) is 0.228. The van der Waals surface area contributed by atoms with E-state index in [0.717, 1.165) is 5.57 Å². The SMILES string of the molecule is CC1=CC(=O)C=CC12CC(=O)N(C(C)C)C2. The molecule has 0 aromatic heterocycles. The van der Waals surface area contributed by atoms with E-state index in [1.54, 1.807) is 12.2 Å². The fourth-order valence-corrected chi connectivity index (χ4v) is 2.44. The minimum absolute atomic E-state index is 0.0265. The zero-order chi connectivity index (χ0) is 11.9. The summed E-state index contributed by atoms with van der Waals surface area (Å²) < 4.78 is 0. The third-order valence-electron chi connectivity index (χ3n) is 3.57. The van der Waals surface area contributed by atoms with E-state index in [2.05, 4.69) is 0 Å². The number of nitrogens with zero attached hydrogens (tertiary/aromatic N) is 1. The smallest absolute Gasteiger partial charge is 0.224 e. The Hall–Kier alpha value is -1.38. The summed E-state index contributed by atoms with van der Waals surface area (Å²) in [5, 5.41) is 0. The topological polar surface area (TPSA) is 37.4 Å². The Labute approximate surface area is 95.8 Å². The summed E-state index contributed by atoms with van der Waals surface area (Å²) >= 11 is 0. The van der Waals surface area contributed by atoms with E-state index < -0.39 is 0 Å². The molecule has 1 fully saturated rings. The van der Waals surface area contributed by atoms with E-state index in [1.165, 1.54) is 0 Å². The fourth-order valence-electron chi connectivity index (χ4n) is 2.44. The molecule has 0 aromatic rings. The van der Waals surface area contributed by atoms with Crippen molar-refractivity contribution in [1.29, 1.82) is 0 Å². The maximum absolute atomic E-state index is 11.9. The molecule has 2 aliphatic rings. The van der Waals surface area contributed by atoms with Gasteiger partial charge < -0.3 is 4.90 Å². The van der Waals surface area contributed by atoms with Crippen molar-refractivity contribution in [2.45, 2.75) is 33.2 Å². The van der Waals surface area contributed by atoms with E-state index in [4.69, 9.17) is 0 Å². The lowest BCUT2D eigenvalue weighted by Gasteiger charge is -2.29. The highest BCUT2D eigenvalue weighted by atomic mass is 16.2. The highest BCUT2D eigenvalue weighted by Crippen LogP contribution is 2.41. The molecule has 0 N–H and O–H groups in total. The van der Waals surface area contributed by atoms with Crippen LogP contribution in [0.25, 0.3) is 0 Å². The lowest BCUT2D eigenvalue weighted by atomic mass is 9.76. The second-order valence-electron chi connectivity index (χ2n) is 5.01. The van der Waals surface area contributed by atoms with Crippen LogP contribution in [0.4, 0.5) is 0 Å². The molecule has 1 unspecified atom stereocenters. The zero-order valence-corrected chi connectivity index (χ0v) is 9.99. The van der Waals surface area contributed by atoms with E-state index >= 15 is 0 Å². The van der Waals surface area contributed by atoms with Gasteiger partial charge >= 0.3 is 0 Å². The number of carbonyl (C=O) groups is 2. The van der Waals surface area contributed by atoms with Gasteiger partial charge in [-0.05, 0) is 32.9 Å². The van der Waals surface area contributed by atoms with Crippen molar-refractivity contribution in [1.82, 2.24) is 4.90 Å². The van der Waals surface area contributed by atoms with Crippen LogP contribution in [-0.4, -0.2) is 29.2 Å². The van der Waals surface area contributed by atoms with Gasteiger partial charge in [-0.2, -0.15) is 0 Å². The van der Waals surface area contributed by atoms with Crippen LogP contribution in [-0.2, 0) is 9.59 Å². The van der Waals surface area contributed by atoms with Crippen LogP contribution in [0.2, 0.25) is 0 Å². The van der Waals surface area contributed by atoms with Gasteiger partial charge in [0.1, 0.15) is 0 Å². The molecule has 1 aliphatic carbocycles. The van der Waals surface area contributed by atoms with E-state index in [-0.39, 0.29) is 23.1 Å². The standard InChI is InChI=1S/C13H17NO2/c1-9(2)14-8-13(7-12(14)16)5-4-11(15)6-10(13)3/h4-6,9H,7-8H2,1-3H3. The molecule has 16 heavy (non-hydrogen) atoms.